The number of halogens is 3. The Balaban J connectivity index is 1.65. The Bertz CT molecular complexity index is 813. The van der Waals surface area contributed by atoms with Crippen LogP contribution in [0.15, 0.2) is 12.1 Å². The molecule has 9 heteroatoms. The zero-order valence-corrected chi connectivity index (χ0v) is 16.1. The lowest BCUT2D eigenvalue weighted by Crippen LogP contribution is -2.44. The Hall–Kier alpha value is -2.58. The molecule has 2 amide bonds. The van der Waals surface area contributed by atoms with Gasteiger partial charge in [-0.05, 0) is 24.8 Å². The zero-order chi connectivity index (χ0) is 21.1. The van der Waals surface area contributed by atoms with E-state index in [0.717, 1.165) is 18.9 Å². The van der Waals surface area contributed by atoms with E-state index in [-0.39, 0.29) is 30.9 Å². The van der Waals surface area contributed by atoms with Crippen molar-refractivity contribution in [2.75, 3.05) is 7.11 Å². The SMILES string of the molecule is COC(=O)[C@H](CC1CC1)NC(=O)C[C@@H]1CCC(=O)N1Cc1cc(F)cc(F)c1F. The predicted octanol–water partition coefficient (Wildman–Crippen LogP) is 2.44. The average Bonchev–Trinajstić information content (AvgIpc) is 3.43. The van der Waals surface area contributed by atoms with Crippen LogP contribution in [0.4, 0.5) is 13.2 Å². The molecule has 1 saturated carbocycles. The second-order valence-corrected chi connectivity index (χ2v) is 7.60. The molecule has 3 rings (SSSR count). The van der Waals surface area contributed by atoms with E-state index in [9.17, 15) is 27.6 Å². The van der Waals surface area contributed by atoms with Crippen LogP contribution in [0.3, 0.4) is 0 Å². The van der Waals surface area contributed by atoms with Crippen molar-refractivity contribution in [3.8, 4) is 0 Å². The average molecular weight is 412 g/mol. The Labute approximate surface area is 166 Å². The third-order valence-corrected chi connectivity index (χ3v) is 5.37. The molecule has 0 unspecified atom stereocenters. The molecule has 1 saturated heterocycles. The first kappa shape index (κ1) is 21.1. The lowest BCUT2D eigenvalue weighted by Gasteiger charge is -2.25. The van der Waals surface area contributed by atoms with E-state index in [0.29, 0.717) is 24.8 Å². The number of amides is 2. The summed E-state index contributed by atoms with van der Waals surface area (Å²) < 4.78 is 45.6. The van der Waals surface area contributed by atoms with Gasteiger partial charge in [0, 0.05) is 37.1 Å². The summed E-state index contributed by atoms with van der Waals surface area (Å²) in [6, 6.07) is -0.0281. The van der Waals surface area contributed by atoms with E-state index in [1.54, 1.807) is 0 Å². The van der Waals surface area contributed by atoms with Gasteiger partial charge in [0.05, 0.1) is 7.11 Å². The molecule has 2 atom stereocenters. The summed E-state index contributed by atoms with van der Waals surface area (Å²) in [5, 5.41) is 2.65. The topological polar surface area (TPSA) is 75.7 Å². The van der Waals surface area contributed by atoms with Crippen LogP contribution in [0.1, 0.15) is 44.1 Å². The molecule has 2 fully saturated rings. The fourth-order valence-corrected chi connectivity index (χ4v) is 3.64. The molecule has 1 aromatic rings. The number of carbonyl (C=O) groups is 3. The number of likely N-dealkylation sites (tertiary alicyclic amines) is 1. The van der Waals surface area contributed by atoms with E-state index in [1.807, 2.05) is 0 Å². The highest BCUT2D eigenvalue weighted by Gasteiger charge is 2.35. The number of benzene rings is 1. The van der Waals surface area contributed by atoms with Crippen molar-refractivity contribution >= 4 is 17.8 Å². The normalized spacial score (nSPS) is 19.9. The van der Waals surface area contributed by atoms with E-state index >= 15 is 0 Å². The highest BCUT2D eigenvalue weighted by Crippen LogP contribution is 2.34. The third-order valence-electron chi connectivity index (χ3n) is 5.37. The minimum atomic E-state index is -1.33. The molecule has 29 heavy (non-hydrogen) atoms. The van der Waals surface area contributed by atoms with Crippen LogP contribution in [0, 0.1) is 23.4 Å². The molecule has 1 aliphatic heterocycles. The van der Waals surface area contributed by atoms with Crippen LogP contribution in [0.2, 0.25) is 0 Å². The predicted molar refractivity (Wildman–Crippen MR) is 95.8 cm³/mol. The number of esters is 1. The molecule has 6 nitrogen and oxygen atoms in total. The van der Waals surface area contributed by atoms with Crippen molar-refractivity contribution in [1.82, 2.24) is 10.2 Å². The minimum absolute atomic E-state index is 0.0939. The molecular weight excluding hydrogens is 389 g/mol. The van der Waals surface area contributed by atoms with Gasteiger partial charge < -0.3 is 15.0 Å². The monoisotopic (exact) mass is 412 g/mol. The van der Waals surface area contributed by atoms with Crippen molar-refractivity contribution in [2.24, 2.45) is 5.92 Å². The molecule has 0 spiro atoms. The summed E-state index contributed by atoms with van der Waals surface area (Å²) in [4.78, 5) is 37.8. The first-order valence-corrected chi connectivity index (χ1v) is 9.58. The molecule has 158 valence electrons. The van der Waals surface area contributed by atoms with Gasteiger partial charge in [-0.3, -0.25) is 9.59 Å². The summed E-state index contributed by atoms with van der Waals surface area (Å²) in [6.07, 6.45) is 2.92. The van der Waals surface area contributed by atoms with Crippen LogP contribution < -0.4 is 5.32 Å². The second kappa shape index (κ2) is 8.84. The number of hydrogen-bond donors (Lipinski definition) is 1. The number of carbonyl (C=O) groups excluding carboxylic acids is 3. The fraction of sp³-hybridized carbons (Fsp3) is 0.550. The first-order chi connectivity index (χ1) is 13.8. The van der Waals surface area contributed by atoms with Crippen molar-refractivity contribution in [2.45, 2.75) is 57.2 Å². The maximum Gasteiger partial charge on any atom is 0.328 e. The highest BCUT2D eigenvalue weighted by atomic mass is 19.2. The van der Waals surface area contributed by atoms with Crippen LogP contribution >= 0.6 is 0 Å². The standard InChI is InChI=1S/C20H23F3N2O4/c1-29-20(28)16(6-11-2-3-11)24-17(26)9-14-4-5-18(27)25(14)10-12-7-13(21)8-15(22)19(12)23/h7-8,11,14,16H,2-6,9-10H2,1H3,(H,24,26)/t14-,16-/m0/s1. The van der Waals surface area contributed by atoms with Crippen LogP contribution in [-0.2, 0) is 25.7 Å². The summed E-state index contributed by atoms with van der Waals surface area (Å²) in [6.45, 7) is -0.334. The Morgan fingerprint density at radius 3 is 2.62 bits per heavy atom. The van der Waals surface area contributed by atoms with Crippen molar-refractivity contribution in [3.05, 3.63) is 35.1 Å². The summed E-state index contributed by atoms with van der Waals surface area (Å²) in [7, 11) is 1.25. The van der Waals surface area contributed by atoms with E-state index in [4.69, 9.17) is 4.74 Å². The Morgan fingerprint density at radius 1 is 1.24 bits per heavy atom. The van der Waals surface area contributed by atoms with Gasteiger partial charge in [-0.25, -0.2) is 18.0 Å². The number of methoxy groups -OCH3 is 1. The second-order valence-electron chi connectivity index (χ2n) is 7.60. The van der Waals surface area contributed by atoms with Crippen LogP contribution in [-0.4, -0.2) is 41.9 Å². The smallest absolute Gasteiger partial charge is 0.328 e. The van der Waals surface area contributed by atoms with Crippen molar-refractivity contribution < 1.29 is 32.3 Å². The summed E-state index contributed by atoms with van der Waals surface area (Å²) >= 11 is 0. The molecule has 1 N–H and O–H groups in total. The summed E-state index contributed by atoms with van der Waals surface area (Å²) in [5.41, 5.74) is -0.288. The number of ether oxygens (including phenoxy) is 1. The number of nitrogens with zero attached hydrogens (tertiary/aromatic N) is 1. The minimum Gasteiger partial charge on any atom is -0.467 e. The Kier molecular flexibility index (Phi) is 6.44. The number of rotatable bonds is 8. The maximum atomic E-state index is 14.0. The van der Waals surface area contributed by atoms with Gasteiger partial charge in [-0.2, -0.15) is 0 Å². The molecular formula is C20H23F3N2O4. The zero-order valence-electron chi connectivity index (χ0n) is 16.1. The largest absolute Gasteiger partial charge is 0.467 e. The highest BCUT2D eigenvalue weighted by molar-refractivity contribution is 5.86. The van der Waals surface area contributed by atoms with Gasteiger partial charge in [0.25, 0.3) is 0 Å². The van der Waals surface area contributed by atoms with E-state index in [2.05, 4.69) is 5.32 Å². The lowest BCUT2D eigenvalue weighted by atomic mass is 10.1. The van der Waals surface area contributed by atoms with Crippen LogP contribution in [0.5, 0.6) is 0 Å². The number of hydrogen-bond acceptors (Lipinski definition) is 4. The third kappa shape index (κ3) is 5.27. The molecule has 1 aromatic carbocycles. The quantitative estimate of drug-likeness (QED) is 0.526. The molecule has 1 aliphatic carbocycles. The van der Waals surface area contributed by atoms with Gasteiger partial charge in [0.2, 0.25) is 11.8 Å². The van der Waals surface area contributed by atoms with E-state index in [1.165, 1.54) is 12.0 Å². The van der Waals surface area contributed by atoms with Gasteiger partial charge in [-0.1, -0.05) is 12.8 Å². The number of nitrogens with one attached hydrogen (secondary N) is 1. The fourth-order valence-electron chi connectivity index (χ4n) is 3.64. The molecule has 1 heterocycles. The Morgan fingerprint density at radius 2 is 1.97 bits per heavy atom. The molecule has 0 aromatic heterocycles. The van der Waals surface area contributed by atoms with Crippen molar-refractivity contribution in [3.63, 3.8) is 0 Å². The van der Waals surface area contributed by atoms with Crippen LogP contribution in [0.25, 0.3) is 0 Å². The van der Waals surface area contributed by atoms with Gasteiger partial charge in [0.1, 0.15) is 11.9 Å². The first-order valence-electron chi connectivity index (χ1n) is 9.58. The van der Waals surface area contributed by atoms with Crippen molar-refractivity contribution in [1.29, 1.82) is 0 Å². The van der Waals surface area contributed by atoms with Gasteiger partial charge >= 0.3 is 5.97 Å². The van der Waals surface area contributed by atoms with Gasteiger partial charge in [0.15, 0.2) is 11.6 Å². The van der Waals surface area contributed by atoms with E-state index < -0.39 is 41.4 Å². The van der Waals surface area contributed by atoms with Gasteiger partial charge in [-0.15, -0.1) is 0 Å². The molecule has 0 radical (unpaired) electrons. The molecule has 2 aliphatic rings. The maximum absolute atomic E-state index is 14.0. The summed E-state index contributed by atoms with van der Waals surface area (Å²) in [5.74, 6) is -4.39. The molecule has 0 bridgehead atoms. The lowest BCUT2D eigenvalue weighted by molar-refractivity contribution is -0.145.